The van der Waals surface area contributed by atoms with E-state index in [-0.39, 0.29) is 27.9 Å². The molecule has 1 fully saturated rings. The quantitative estimate of drug-likeness (QED) is 0.803. The molecule has 2 aromatic carbocycles. The predicted octanol–water partition coefficient (Wildman–Crippen LogP) is 2.38. The van der Waals surface area contributed by atoms with E-state index in [1.165, 1.54) is 0 Å². The maximum Gasteiger partial charge on any atom is 0.258 e. The number of piperidine rings is 1. The van der Waals surface area contributed by atoms with Gasteiger partial charge in [0.1, 0.15) is 0 Å². The minimum absolute atomic E-state index is 0.0367. The van der Waals surface area contributed by atoms with Crippen molar-refractivity contribution in [2.45, 2.75) is 69.5 Å². The fourth-order valence-corrected chi connectivity index (χ4v) is 6.89. The highest BCUT2D eigenvalue weighted by atomic mass is 32.2. The second kappa shape index (κ2) is 6.52. The van der Waals surface area contributed by atoms with E-state index in [4.69, 9.17) is 0 Å². The molecule has 7 heteroatoms. The average Bonchev–Trinajstić information content (AvgIpc) is 2.85. The van der Waals surface area contributed by atoms with E-state index >= 15 is 0 Å². The van der Waals surface area contributed by atoms with Crippen molar-refractivity contribution in [2.75, 3.05) is 11.4 Å². The van der Waals surface area contributed by atoms with Gasteiger partial charge in [-0.15, -0.1) is 0 Å². The van der Waals surface area contributed by atoms with Crippen molar-refractivity contribution in [2.24, 2.45) is 0 Å². The lowest BCUT2D eigenvalue weighted by atomic mass is 9.80. The zero-order valence-electron chi connectivity index (χ0n) is 17.7. The van der Waals surface area contributed by atoms with Crippen LogP contribution < -0.4 is 14.9 Å². The van der Waals surface area contributed by atoms with Gasteiger partial charge >= 0.3 is 0 Å². The Morgan fingerprint density at radius 3 is 2.38 bits per heavy atom. The highest BCUT2D eigenvalue weighted by Gasteiger charge is 2.43. The maximum atomic E-state index is 13.4. The Kier molecular flexibility index (Phi) is 4.57. The zero-order chi connectivity index (χ0) is 21.2. The number of benzene rings is 2. The SMILES string of the molecule is CCN1C(=O)c2cccc3c(S(=O)(=O)NC4CC(C)(C)[NH2+]C(C)(C)C4)ccc1c23. The second-order valence-corrected chi connectivity index (χ2v) is 11.4. The predicted molar refractivity (Wildman–Crippen MR) is 115 cm³/mol. The van der Waals surface area contributed by atoms with Gasteiger partial charge in [-0.1, -0.05) is 12.1 Å². The lowest BCUT2D eigenvalue weighted by molar-refractivity contribution is -0.787. The summed E-state index contributed by atoms with van der Waals surface area (Å²) in [6.07, 6.45) is 1.53. The van der Waals surface area contributed by atoms with Gasteiger partial charge in [0, 0.05) is 41.8 Å². The molecule has 2 aliphatic rings. The van der Waals surface area contributed by atoms with Crippen molar-refractivity contribution in [3.63, 3.8) is 0 Å². The highest BCUT2D eigenvalue weighted by Crippen LogP contribution is 2.40. The van der Waals surface area contributed by atoms with Gasteiger partial charge in [0.25, 0.3) is 5.91 Å². The monoisotopic (exact) mass is 416 g/mol. The molecule has 3 N–H and O–H groups in total. The first-order valence-corrected chi connectivity index (χ1v) is 11.7. The maximum absolute atomic E-state index is 13.4. The summed E-state index contributed by atoms with van der Waals surface area (Å²) in [7, 11) is -3.73. The molecule has 0 spiro atoms. The minimum atomic E-state index is -3.73. The normalized spacial score (nSPS) is 21.1. The van der Waals surface area contributed by atoms with E-state index in [1.54, 1.807) is 35.2 Å². The third kappa shape index (κ3) is 3.45. The third-order valence-electron chi connectivity index (χ3n) is 6.00. The largest absolute Gasteiger partial charge is 0.337 e. The third-order valence-corrected chi connectivity index (χ3v) is 7.58. The summed E-state index contributed by atoms with van der Waals surface area (Å²) in [5, 5.41) is 3.67. The summed E-state index contributed by atoms with van der Waals surface area (Å²) in [5.74, 6) is -0.0677. The van der Waals surface area contributed by atoms with Crippen LogP contribution in [0, 0.1) is 0 Å². The number of nitrogens with two attached hydrogens (primary N) is 1. The molecule has 156 valence electrons. The summed E-state index contributed by atoms with van der Waals surface area (Å²) in [4.78, 5) is 14.6. The highest BCUT2D eigenvalue weighted by molar-refractivity contribution is 7.89. The van der Waals surface area contributed by atoms with Crippen molar-refractivity contribution < 1.29 is 18.5 Å². The average molecular weight is 417 g/mol. The van der Waals surface area contributed by atoms with Gasteiger partial charge in [-0.25, -0.2) is 13.1 Å². The molecule has 0 saturated carbocycles. The van der Waals surface area contributed by atoms with Crippen molar-refractivity contribution in [1.82, 2.24) is 4.72 Å². The van der Waals surface area contributed by atoms with Crippen LogP contribution in [0.2, 0.25) is 0 Å². The van der Waals surface area contributed by atoms with Crippen molar-refractivity contribution in [3.8, 4) is 0 Å². The summed E-state index contributed by atoms with van der Waals surface area (Å²) in [6.45, 7) is 11.1. The first kappa shape index (κ1) is 20.3. The number of nitrogens with zero attached hydrogens (tertiary/aromatic N) is 1. The Labute approximate surface area is 172 Å². The fraction of sp³-hybridized carbons (Fsp3) is 0.500. The van der Waals surface area contributed by atoms with Crippen LogP contribution in [0.15, 0.2) is 35.2 Å². The van der Waals surface area contributed by atoms with Gasteiger partial charge in [0.05, 0.1) is 21.7 Å². The number of hydrogen-bond donors (Lipinski definition) is 2. The van der Waals surface area contributed by atoms with Gasteiger partial charge in [-0.2, -0.15) is 0 Å². The van der Waals surface area contributed by atoms with Crippen molar-refractivity contribution in [3.05, 3.63) is 35.9 Å². The summed E-state index contributed by atoms with van der Waals surface area (Å²) >= 11 is 0. The zero-order valence-corrected chi connectivity index (χ0v) is 18.6. The van der Waals surface area contributed by atoms with Crippen molar-refractivity contribution in [1.29, 1.82) is 0 Å². The van der Waals surface area contributed by atoms with E-state index in [0.717, 1.165) is 23.9 Å². The molecule has 0 unspecified atom stereocenters. The molecule has 2 aromatic rings. The molecule has 6 nitrogen and oxygen atoms in total. The molecule has 2 aliphatic heterocycles. The number of anilines is 1. The number of nitrogens with one attached hydrogen (secondary N) is 1. The van der Waals surface area contributed by atoms with E-state index in [9.17, 15) is 13.2 Å². The topological polar surface area (TPSA) is 83.1 Å². The van der Waals surface area contributed by atoms with Gasteiger partial charge < -0.3 is 10.2 Å². The van der Waals surface area contributed by atoms with Crippen LogP contribution >= 0.6 is 0 Å². The van der Waals surface area contributed by atoms with Crippen LogP contribution in [0.5, 0.6) is 0 Å². The van der Waals surface area contributed by atoms with Gasteiger partial charge in [0.2, 0.25) is 10.0 Å². The molecular weight excluding hydrogens is 386 g/mol. The molecular formula is C22H30N3O3S+. The molecule has 0 aliphatic carbocycles. The summed E-state index contributed by atoms with van der Waals surface area (Å²) < 4.78 is 29.7. The smallest absolute Gasteiger partial charge is 0.258 e. The first-order valence-electron chi connectivity index (χ1n) is 10.2. The van der Waals surface area contributed by atoms with Crippen LogP contribution in [-0.4, -0.2) is 38.0 Å². The molecule has 0 bridgehead atoms. The number of amides is 1. The molecule has 1 saturated heterocycles. The Bertz CT molecular complexity index is 1090. The lowest BCUT2D eigenvalue weighted by Gasteiger charge is -2.43. The molecule has 1 amide bonds. The van der Waals surface area contributed by atoms with Crippen LogP contribution in [-0.2, 0) is 10.0 Å². The van der Waals surface area contributed by atoms with Gasteiger partial charge in [-0.05, 0) is 52.8 Å². The molecule has 0 atom stereocenters. The van der Waals surface area contributed by atoms with Crippen LogP contribution in [0.25, 0.3) is 10.8 Å². The minimum Gasteiger partial charge on any atom is -0.337 e. The Morgan fingerprint density at radius 2 is 1.76 bits per heavy atom. The molecule has 0 aromatic heterocycles. The summed E-state index contributed by atoms with van der Waals surface area (Å²) in [6, 6.07) is 8.60. The number of rotatable bonds is 4. The lowest BCUT2D eigenvalue weighted by Crippen LogP contribution is -3.06. The van der Waals surface area contributed by atoms with Gasteiger partial charge in [0.15, 0.2) is 0 Å². The van der Waals surface area contributed by atoms with Gasteiger partial charge in [-0.3, -0.25) is 4.79 Å². The molecule has 4 rings (SSSR count). The van der Waals surface area contributed by atoms with Crippen molar-refractivity contribution >= 4 is 32.4 Å². The standard InChI is InChI=1S/C22H29N3O3S/c1-6-25-17-10-11-18(15-8-7-9-16(19(15)17)20(25)26)29(27,28)23-14-12-21(2,3)24-22(4,5)13-14/h7-11,14,23-24H,6,12-13H2,1-5H3/p+1. The number of carbonyl (C=O) groups excluding carboxylic acids is 1. The Morgan fingerprint density at radius 1 is 1.10 bits per heavy atom. The van der Waals surface area contributed by atoms with E-state index < -0.39 is 10.0 Å². The van der Waals surface area contributed by atoms with Crippen LogP contribution in [0.4, 0.5) is 5.69 Å². The number of carbonyl (C=O) groups is 1. The Balaban J connectivity index is 1.76. The second-order valence-electron chi connectivity index (χ2n) is 9.71. The van der Waals surface area contributed by atoms with Crippen LogP contribution in [0.1, 0.15) is 57.8 Å². The first-order chi connectivity index (χ1) is 13.4. The van der Waals surface area contributed by atoms with E-state index in [0.29, 0.717) is 17.5 Å². The van der Waals surface area contributed by atoms with Crippen LogP contribution in [0.3, 0.4) is 0 Å². The molecule has 0 radical (unpaired) electrons. The Hall–Kier alpha value is -1.96. The molecule has 2 heterocycles. The molecule has 29 heavy (non-hydrogen) atoms. The fourth-order valence-electron chi connectivity index (χ4n) is 5.45. The summed E-state index contributed by atoms with van der Waals surface area (Å²) in [5.41, 5.74) is 1.29. The van der Waals surface area contributed by atoms with E-state index in [2.05, 4.69) is 37.7 Å². The number of hydrogen-bond acceptors (Lipinski definition) is 3. The number of sulfonamides is 1. The number of quaternary nitrogens is 1. The van der Waals surface area contributed by atoms with E-state index in [1.807, 2.05) is 6.92 Å².